The maximum Gasteiger partial charge on any atom is 0.231 e. The van der Waals surface area contributed by atoms with E-state index in [2.05, 4.69) is 10.6 Å². The summed E-state index contributed by atoms with van der Waals surface area (Å²) in [4.78, 5) is 11.9. The molecule has 0 spiro atoms. The van der Waals surface area contributed by atoms with Crippen LogP contribution >= 0.6 is 0 Å². The number of rotatable bonds is 3. The molecule has 1 aliphatic rings. The fraction of sp³-hybridized carbons (Fsp3) is 0.417. The first kappa shape index (κ1) is 12.9. The fourth-order valence-corrected chi connectivity index (χ4v) is 1.91. The summed E-state index contributed by atoms with van der Waals surface area (Å²) in [7, 11) is 1.75. The lowest BCUT2D eigenvalue weighted by atomic mass is 10.0. The summed E-state index contributed by atoms with van der Waals surface area (Å²) in [6.07, 6.45) is 0. The number of carbonyl (C=O) groups is 1. The molecule has 98 valence electrons. The maximum atomic E-state index is 13.0. The number of amides is 1. The van der Waals surface area contributed by atoms with Crippen molar-refractivity contribution < 1.29 is 18.3 Å². The number of nitrogens with one attached hydrogen (secondary N) is 2. The van der Waals surface area contributed by atoms with Crippen molar-refractivity contribution in [1.82, 2.24) is 5.32 Å². The molecule has 2 rings (SSSR count). The van der Waals surface area contributed by atoms with Crippen LogP contribution in [0.3, 0.4) is 0 Å². The standard InChI is InChI=1S/C12H14F2N2O2/c1-15-11-6-18-5-8(11)12(17)16-7-2-3-9(13)10(14)4-7/h2-4,8,11,15H,5-6H2,1H3,(H,16,17). The van der Waals surface area contributed by atoms with Crippen LogP contribution in [0.2, 0.25) is 0 Å². The highest BCUT2D eigenvalue weighted by molar-refractivity contribution is 5.93. The Hall–Kier alpha value is -1.53. The van der Waals surface area contributed by atoms with Gasteiger partial charge in [-0.2, -0.15) is 0 Å². The molecular weight excluding hydrogens is 242 g/mol. The molecule has 1 aliphatic heterocycles. The van der Waals surface area contributed by atoms with Crippen molar-refractivity contribution in [3.05, 3.63) is 29.8 Å². The molecule has 0 aromatic heterocycles. The number of carbonyl (C=O) groups excluding carboxylic acids is 1. The first-order valence-corrected chi connectivity index (χ1v) is 5.62. The molecule has 1 amide bonds. The van der Waals surface area contributed by atoms with E-state index in [9.17, 15) is 13.6 Å². The molecule has 0 saturated carbocycles. The highest BCUT2D eigenvalue weighted by atomic mass is 19.2. The molecule has 1 aromatic rings. The monoisotopic (exact) mass is 256 g/mol. The van der Waals surface area contributed by atoms with Crippen LogP contribution in [0, 0.1) is 17.6 Å². The van der Waals surface area contributed by atoms with Crippen molar-refractivity contribution >= 4 is 11.6 Å². The van der Waals surface area contributed by atoms with Crippen LogP contribution in [0.5, 0.6) is 0 Å². The fourth-order valence-electron chi connectivity index (χ4n) is 1.91. The van der Waals surface area contributed by atoms with Crippen LogP contribution in [-0.2, 0) is 9.53 Å². The minimum atomic E-state index is -0.986. The minimum Gasteiger partial charge on any atom is -0.379 e. The molecule has 2 unspecified atom stereocenters. The van der Waals surface area contributed by atoms with Gasteiger partial charge >= 0.3 is 0 Å². The van der Waals surface area contributed by atoms with Gasteiger partial charge in [0, 0.05) is 17.8 Å². The van der Waals surface area contributed by atoms with Gasteiger partial charge in [-0.05, 0) is 19.2 Å². The predicted octanol–water partition coefficient (Wildman–Crippen LogP) is 1.14. The van der Waals surface area contributed by atoms with Crippen LogP contribution in [0.4, 0.5) is 14.5 Å². The van der Waals surface area contributed by atoms with E-state index in [-0.39, 0.29) is 23.6 Å². The molecule has 2 N–H and O–H groups in total. The third kappa shape index (κ3) is 2.65. The van der Waals surface area contributed by atoms with Crippen molar-refractivity contribution in [3.8, 4) is 0 Å². The lowest BCUT2D eigenvalue weighted by Crippen LogP contribution is -2.39. The zero-order valence-electron chi connectivity index (χ0n) is 9.87. The Morgan fingerprint density at radius 1 is 1.33 bits per heavy atom. The summed E-state index contributed by atoms with van der Waals surface area (Å²) in [5.41, 5.74) is 0.237. The summed E-state index contributed by atoms with van der Waals surface area (Å²) < 4.78 is 30.9. The van der Waals surface area contributed by atoms with Crippen molar-refractivity contribution in [1.29, 1.82) is 0 Å². The lowest BCUT2D eigenvalue weighted by molar-refractivity contribution is -0.120. The van der Waals surface area contributed by atoms with E-state index >= 15 is 0 Å². The summed E-state index contributed by atoms with van der Waals surface area (Å²) in [5, 5.41) is 5.53. The average molecular weight is 256 g/mol. The summed E-state index contributed by atoms with van der Waals surface area (Å²) in [6.45, 7) is 0.785. The van der Waals surface area contributed by atoms with E-state index in [1.54, 1.807) is 7.05 Å². The van der Waals surface area contributed by atoms with Gasteiger partial charge in [-0.25, -0.2) is 8.78 Å². The predicted molar refractivity (Wildman–Crippen MR) is 62.1 cm³/mol. The molecule has 2 atom stereocenters. The maximum absolute atomic E-state index is 13.0. The van der Waals surface area contributed by atoms with E-state index in [4.69, 9.17) is 4.74 Å². The zero-order valence-corrected chi connectivity index (χ0v) is 9.87. The zero-order chi connectivity index (χ0) is 13.1. The van der Waals surface area contributed by atoms with E-state index in [1.165, 1.54) is 6.07 Å². The third-order valence-corrected chi connectivity index (χ3v) is 2.98. The molecule has 18 heavy (non-hydrogen) atoms. The van der Waals surface area contributed by atoms with Crippen molar-refractivity contribution in [2.45, 2.75) is 6.04 Å². The average Bonchev–Trinajstić information content (AvgIpc) is 2.82. The molecule has 6 heteroatoms. The van der Waals surface area contributed by atoms with Gasteiger partial charge < -0.3 is 15.4 Å². The summed E-state index contributed by atoms with van der Waals surface area (Å²) >= 11 is 0. The molecule has 0 bridgehead atoms. The molecule has 1 fully saturated rings. The van der Waals surface area contributed by atoms with Crippen LogP contribution in [0.25, 0.3) is 0 Å². The molecule has 1 saturated heterocycles. The first-order valence-electron chi connectivity index (χ1n) is 5.62. The first-order chi connectivity index (χ1) is 8.61. The van der Waals surface area contributed by atoms with Crippen molar-refractivity contribution in [3.63, 3.8) is 0 Å². The van der Waals surface area contributed by atoms with Gasteiger partial charge in [0.15, 0.2) is 11.6 Å². The normalized spacial score (nSPS) is 23.1. The summed E-state index contributed by atoms with van der Waals surface area (Å²) in [6, 6.07) is 3.19. The van der Waals surface area contributed by atoms with Crippen LogP contribution in [0.1, 0.15) is 0 Å². The summed E-state index contributed by atoms with van der Waals surface area (Å²) in [5.74, 6) is -2.52. The van der Waals surface area contributed by atoms with Gasteiger partial charge in [-0.3, -0.25) is 4.79 Å². The SMILES string of the molecule is CNC1COCC1C(=O)Nc1ccc(F)c(F)c1. The van der Waals surface area contributed by atoms with Gasteiger partial charge in [0.2, 0.25) is 5.91 Å². The molecule has 1 aromatic carbocycles. The smallest absolute Gasteiger partial charge is 0.231 e. The highest BCUT2D eigenvalue weighted by Gasteiger charge is 2.32. The topological polar surface area (TPSA) is 50.4 Å². The molecule has 0 radical (unpaired) electrons. The van der Waals surface area contributed by atoms with Gasteiger partial charge in [-0.1, -0.05) is 0 Å². The van der Waals surface area contributed by atoms with E-state index in [0.29, 0.717) is 13.2 Å². The van der Waals surface area contributed by atoms with Crippen LogP contribution in [-0.4, -0.2) is 32.2 Å². The number of hydrogen-bond acceptors (Lipinski definition) is 3. The van der Waals surface area contributed by atoms with E-state index in [0.717, 1.165) is 12.1 Å². The number of halogens is 2. The Bertz CT molecular complexity index is 454. The van der Waals surface area contributed by atoms with Crippen LogP contribution in [0.15, 0.2) is 18.2 Å². The molecule has 0 aliphatic carbocycles. The lowest BCUT2D eigenvalue weighted by Gasteiger charge is -2.16. The number of likely N-dealkylation sites (N-methyl/N-ethyl adjacent to an activating group) is 1. The Labute approximate surface area is 103 Å². The van der Waals surface area contributed by atoms with Gasteiger partial charge in [0.25, 0.3) is 0 Å². The molecule has 4 nitrogen and oxygen atoms in total. The Morgan fingerprint density at radius 3 is 2.78 bits per heavy atom. The second-order valence-electron chi connectivity index (χ2n) is 4.16. The van der Waals surface area contributed by atoms with E-state index < -0.39 is 11.6 Å². The molecule has 1 heterocycles. The number of hydrogen-bond donors (Lipinski definition) is 2. The van der Waals surface area contributed by atoms with Gasteiger partial charge in [-0.15, -0.1) is 0 Å². The highest BCUT2D eigenvalue weighted by Crippen LogP contribution is 2.18. The molecular formula is C12H14F2N2O2. The van der Waals surface area contributed by atoms with Crippen LogP contribution < -0.4 is 10.6 Å². The number of anilines is 1. The van der Waals surface area contributed by atoms with E-state index in [1.807, 2.05) is 0 Å². The van der Waals surface area contributed by atoms with Gasteiger partial charge in [0.05, 0.1) is 19.1 Å². The Morgan fingerprint density at radius 2 is 2.11 bits per heavy atom. The van der Waals surface area contributed by atoms with Crippen molar-refractivity contribution in [2.75, 3.05) is 25.6 Å². The van der Waals surface area contributed by atoms with Gasteiger partial charge in [0.1, 0.15) is 0 Å². The number of benzene rings is 1. The third-order valence-electron chi connectivity index (χ3n) is 2.98. The number of ether oxygens (including phenoxy) is 1. The second kappa shape index (κ2) is 5.41. The Balaban J connectivity index is 2.04. The minimum absolute atomic E-state index is 0.0599. The largest absolute Gasteiger partial charge is 0.379 e. The van der Waals surface area contributed by atoms with Crippen molar-refractivity contribution in [2.24, 2.45) is 5.92 Å². The Kier molecular flexibility index (Phi) is 3.88. The second-order valence-corrected chi connectivity index (χ2v) is 4.16. The quantitative estimate of drug-likeness (QED) is 0.852.